The number of carbonyl (C=O) groups excluding carboxylic acids is 1. The molecule has 152 valence electrons. The minimum Gasteiger partial charge on any atom is -0.493 e. The number of furan rings is 1. The first-order valence-electron chi connectivity index (χ1n) is 9.23. The highest BCUT2D eigenvalue weighted by atomic mass is 19.1. The Morgan fingerprint density at radius 3 is 2.57 bits per heavy atom. The number of halogens is 1. The normalized spacial score (nSPS) is 10.6. The largest absolute Gasteiger partial charge is 0.493 e. The summed E-state index contributed by atoms with van der Waals surface area (Å²) in [7, 11) is 1.56. The fourth-order valence-electron chi connectivity index (χ4n) is 2.92. The molecule has 7 heteroatoms. The quantitative estimate of drug-likeness (QED) is 0.466. The Labute approximate surface area is 172 Å². The van der Waals surface area contributed by atoms with E-state index in [1.807, 2.05) is 41.2 Å². The second-order valence-corrected chi connectivity index (χ2v) is 6.41. The van der Waals surface area contributed by atoms with E-state index in [4.69, 9.17) is 13.9 Å². The number of hydrogen-bond acceptors (Lipinski definition) is 4. The summed E-state index contributed by atoms with van der Waals surface area (Å²) in [6.45, 7) is 0.116. The zero-order valence-electron chi connectivity index (χ0n) is 16.2. The van der Waals surface area contributed by atoms with Gasteiger partial charge < -0.3 is 23.8 Å². The van der Waals surface area contributed by atoms with Gasteiger partial charge in [-0.15, -0.1) is 0 Å². The Morgan fingerprint density at radius 2 is 1.80 bits per heavy atom. The Morgan fingerprint density at radius 1 is 1.03 bits per heavy atom. The molecule has 30 heavy (non-hydrogen) atoms. The van der Waals surface area contributed by atoms with Crippen LogP contribution in [0, 0.1) is 5.82 Å². The Kier molecular flexibility index (Phi) is 5.52. The van der Waals surface area contributed by atoms with Crippen molar-refractivity contribution in [1.82, 2.24) is 4.57 Å². The molecule has 0 atom stereocenters. The van der Waals surface area contributed by atoms with Crippen molar-refractivity contribution in [3.8, 4) is 17.2 Å². The van der Waals surface area contributed by atoms with Crippen LogP contribution < -0.4 is 14.8 Å². The van der Waals surface area contributed by atoms with Crippen molar-refractivity contribution in [2.45, 2.75) is 6.61 Å². The van der Waals surface area contributed by atoms with Crippen molar-refractivity contribution < 1.29 is 23.1 Å². The second kappa shape index (κ2) is 8.57. The molecule has 6 nitrogen and oxygen atoms in total. The van der Waals surface area contributed by atoms with Gasteiger partial charge in [-0.25, -0.2) is 4.39 Å². The maximum absolute atomic E-state index is 14.2. The molecule has 2 heterocycles. The number of rotatable bonds is 7. The lowest BCUT2D eigenvalue weighted by molar-refractivity contribution is 0.0992. The van der Waals surface area contributed by atoms with Crippen LogP contribution in [0.15, 0.2) is 83.5 Å². The van der Waals surface area contributed by atoms with Gasteiger partial charge in [0.25, 0.3) is 5.91 Å². The molecule has 0 saturated carbocycles. The molecule has 0 aliphatic heterocycles. The molecule has 0 bridgehead atoms. The van der Waals surface area contributed by atoms with Gasteiger partial charge in [0, 0.05) is 18.1 Å². The molecule has 2 aromatic carbocycles. The number of ether oxygens (including phenoxy) is 2. The van der Waals surface area contributed by atoms with Crippen molar-refractivity contribution in [2.75, 3.05) is 12.4 Å². The average Bonchev–Trinajstić information content (AvgIpc) is 3.46. The number of hydrogen-bond donors (Lipinski definition) is 1. The van der Waals surface area contributed by atoms with E-state index < -0.39 is 11.7 Å². The van der Waals surface area contributed by atoms with Gasteiger partial charge >= 0.3 is 0 Å². The SMILES string of the molecule is COc1ccccc1OCc1ccc(C(=O)Nc2cc(-n3cccc3)ccc2F)o1. The number of benzene rings is 2. The van der Waals surface area contributed by atoms with E-state index in [0.29, 0.717) is 17.3 Å². The highest BCUT2D eigenvalue weighted by molar-refractivity contribution is 6.02. The van der Waals surface area contributed by atoms with E-state index in [2.05, 4.69) is 5.32 Å². The second-order valence-electron chi connectivity index (χ2n) is 6.41. The first-order chi connectivity index (χ1) is 14.6. The molecule has 1 N–H and O–H groups in total. The molecule has 0 aliphatic carbocycles. The highest BCUT2D eigenvalue weighted by Crippen LogP contribution is 2.27. The molecule has 0 aliphatic rings. The summed E-state index contributed by atoms with van der Waals surface area (Å²) in [5.74, 6) is 0.575. The van der Waals surface area contributed by atoms with Crippen molar-refractivity contribution in [1.29, 1.82) is 0 Å². The lowest BCUT2D eigenvalue weighted by Crippen LogP contribution is -2.12. The van der Waals surface area contributed by atoms with Crippen molar-refractivity contribution in [3.05, 3.63) is 96.5 Å². The number of para-hydroxylation sites is 2. The number of methoxy groups -OCH3 is 1. The molecule has 0 spiro atoms. The number of anilines is 1. The molecule has 0 unspecified atom stereocenters. The fourth-order valence-corrected chi connectivity index (χ4v) is 2.92. The minimum absolute atomic E-state index is 0.0550. The van der Waals surface area contributed by atoms with Crippen LogP contribution in [-0.2, 0) is 6.61 Å². The van der Waals surface area contributed by atoms with Crippen LogP contribution in [0.1, 0.15) is 16.3 Å². The topological polar surface area (TPSA) is 65.6 Å². The standard InChI is InChI=1S/C23H19FN2O4/c1-28-20-6-2-3-7-21(20)29-15-17-9-11-22(30-17)23(27)25-19-14-16(8-10-18(19)24)26-12-4-5-13-26/h2-14H,15H2,1H3,(H,25,27). The molecular weight excluding hydrogens is 387 g/mol. The summed E-state index contributed by atoms with van der Waals surface area (Å²) in [5.41, 5.74) is 0.788. The lowest BCUT2D eigenvalue weighted by atomic mass is 10.2. The van der Waals surface area contributed by atoms with Gasteiger partial charge in [0.15, 0.2) is 17.3 Å². The van der Waals surface area contributed by atoms with E-state index in [1.54, 1.807) is 37.4 Å². The van der Waals surface area contributed by atoms with Gasteiger partial charge in [-0.3, -0.25) is 4.79 Å². The van der Waals surface area contributed by atoms with E-state index in [1.165, 1.54) is 12.1 Å². The number of nitrogens with one attached hydrogen (secondary N) is 1. The monoisotopic (exact) mass is 406 g/mol. The maximum atomic E-state index is 14.2. The summed E-state index contributed by atoms with van der Waals surface area (Å²) in [6.07, 6.45) is 3.67. The molecule has 0 radical (unpaired) electrons. The zero-order chi connectivity index (χ0) is 20.9. The maximum Gasteiger partial charge on any atom is 0.291 e. The van der Waals surface area contributed by atoms with Gasteiger partial charge in [0.2, 0.25) is 0 Å². The molecule has 0 fully saturated rings. The number of amides is 1. The predicted octanol–water partition coefficient (Wildman–Crippen LogP) is 5.05. The van der Waals surface area contributed by atoms with Gasteiger partial charge in [-0.05, 0) is 54.6 Å². The van der Waals surface area contributed by atoms with E-state index in [0.717, 1.165) is 5.69 Å². The lowest BCUT2D eigenvalue weighted by Gasteiger charge is -2.09. The fraction of sp³-hybridized carbons (Fsp3) is 0.0870. The van der Waals surface area contributed by atoms with Crippen LogP contribution >= 0.6 is 0 Å². The smallest absolute Gasteiger partial charge is 0.291 e. The van der Waals surface area contributed by atoms with Gasteiger partial charge in [-0.1, -0.05) is 12.1 Å². The summed E-state index contributed by atoms with van der Waals surface area (Å²) >= 11 is 0. The Bertz CT molecular complexity index is 1150. The van der Waals surface area contributed by atoms with Gasteiger partial charge in [0.1, 0.15) is 18.2 Å². The summed E-state index contributed by atoms with van der Waals surface area (Å²) in [6, 6.07) is 18.6. The summed E-state index contributed by atoms with van der Waals surface area (Å²) < 4.78 is 32.5. The summed E-state index contributed by atoms with van der Waals surface area (Å²) in [5, 5.41) is 2.55. The predicted molar refractivity (Wildman–Crippen MR) is 110 cm³/mol. The van der Waals surface area contributed by atoms with Crippen LogP contribution in [0.25, 0.3) is 5.69 Å². The van der Waals surface area contributed by atoms with E-state index in [-0.39, 0.29) is 18.1 Å². The van der Waals surface area contributed by atoms with Crippen LogP contribution in [0.4, 0.5) is 10.1 Å². The van der Waals surface area contributed by atoms with Crippen molar-refractivity contribution in [2.24, 2.45) is 0 Å². The van der Waals surface area contributed by atoms with Crippen LogP contribution in [0.2, 0.25) is 0 Å². The van der Waals surface area contributed by atoms with E-state index in [9.17, 15) is 9.18 Å². The molecule has 4 aromatic rings. The molecule has 1 amide bonds. The number of nitrogens with zero attached hydrogens (tertiary/aromatic N) is 1. The zero-order valence-corrected chi connectivity index (χ0v) is 16.2. The van der Waals surface area contributed by atoms with Crippen molar-refractivity contribution in [3.63, 3.8) is 0 Å². The van der Waals surface area contributed by atoms with Gasteiger partial charge in [0.05, 0.1) is 12.8 Å². The number of aromatic nitrogens is 1. The van der Waals surface area contributed by atoms with Crippen LogP contribution in [0.5, 0.6) is 11.5 Å². The first kappa shape index (κ1) is 19.3. The third-order valence-electron chi connectivity index (χ3n) is 4.43. The first-order valence-corrected chi connectivity index (χ1v) is 9.23. The van der Waals surface area contributed by atoms with Crippen LogP contribution in [-0.4, -0.2) is 17.6 Å². The highest BCUT2D eigenvalue weighted by Gasteiger charge is 2.15. The van der Waals surface area contributed by atoms with Crippen molar-refractivity contribution >= 4 is 11.6 Å². The third-order valence-corrected chi connectivity index (χ3v) is 4.43. The van der Waals surface area contributed by atoms with Gasteiger partial charge in [-0.2, -0.15) is 0 Å². The minimum atomic E-state index is -0.554. The molecule has 0 saturated heterocycles. The average molecular weight is 406 g/mol. The van der Waals surface area contributed by atoms with Crippen LogP contribution in [0.3, 0.4) is 0 Å². The van der Waals surface area contributed by atoms with E-state index >= 15 is 0 Å². The molecule has 2 aromatic heterocycles. The molecular formula is C23H19FN2O4. The number of carbonyl (C=O) groups is 1. The Balaban J connectivity index is 1.44. The third kappa shape index (κ3) is 4.20. The summed E-state index contributed by atoms with van der Waals surface area (Å²) in [4.78, 5) is 12.5. The Hall–Kier alpha value is -4.00. The molecule has 4 rings (SSSR count).